The second-order valence-corrected chi connectivity index (χ2v) is 8.20. The third-order valence-corrected chi connectivity index (χ3v) is 4.95. The average Bonchev–Trinajstić information content (AvgIpc) is 2.39. The smallest absolute Gasteiger partial charge is 0.245 e. The first kappa shape index (κ1) is 21.0. The second-order valence-electron chi connectivity index (χ2n) is 7.87. The Hall–Kier alpha value is -0.0300. The van der Waals surface area contributed by atoms with E-state index in [1.807, 2.05) is 32.6 Å². The zero-order chi connectivity index (χ0) is 15.8. The maximum Gasteiger partial charge on any atom is 0.245 e. The van der Waals surface area contributed by atoms with Gasteiger partial charge in [-0.05, 0) is 58.7 Å². The first-order valence-electron chi connectivity index (χ1n) is 7.49. The molecule has 0 aromatic heterocycles. The highest BCUT2D eigenvalue weighted by Crippen LogP contribution is 2.39. The van der Waals surface area contributed by atoms with E-state index in [0.717, 1.165) is 23.9 Å². The summed E-state index contributed by atoms with van der Waals surface area (Å²) in [7, 11) is 6.63. The summed E-state index contributed by atoms with van der Waals surface area (Å²) in [4.78, 5) is 14.4. The predicted octanol–water partition coefficient (Wildman–Crippen LogP) is -0.320. The minimum absolute atomic E-state index is 0. The Balaban J connectivity index is 0.00000400. The highest BCUT2D eigenvalue weighted by atomic mass is 35.5. The van der Waals surface area contributed by atoms with Gasteiger partial charge in [-0.25, -0.2) is 0 Å². The highest BCUT2D eigenvalue weighted by molar-refractivity contribution is 6.17. The number of hydrogen-bond acceptors (Lipinski definition) is 2. The lowest BCUT2D eigenvalue weighted by Gasteiger charge is -2.35. The minimum atomic E-state index is -0.618. The van der Waals surface area contributed by atoms with Crippen molar-refractivity contribution in [2.45, 2.75) is 58.2 Å². The van der Waals surface area contributed by atoms with Gasteiger partial charge in [0.1, 0.15) is 11.2 Å². The monoisotopic (exact) mass is 339 g/mol. The normalized spacial score (nSPS) is 21.5. The number of quaternary nitrogens is 1. The van der Waals surface area contributed by atoms with Crippen molar-refractivity contribution in [2.24, 2.45) is 0 Å². The maximum absolute atomic E-state index is 12.5. The minimum Gasteiger partial charge on any atom is -1.00 e. The van der Waals surface area contributed by atoms with E-state index < -0.39 is 11.2 Å². The molecule has 0 spiro atoms. The van der Waals surface area contributed by atoms with Crippen LogP contribution in [0.2, 0.25) is 0 Å². The van der Waals surface area contributed by atoms with E-state index in [4.69, 9.17) is 11.8 Å². The van der Waals surface area contributed by atoms with E-state index in [9.17, 15) is 4.79 Å². The van der Waals surface area contributed by atoms with Crippen molar-refractivity contribution < 1.29 is 21.7 Å². The van der Waals surface area contributed by atoms with Crippen LogP contribution < -0.4 is 12.4 Å². The van der Waals surface area contributed by atoms with Gasteiger partial charge in [0.15, 0.2) is 0 Å². The van der Waals surface area contributed by atoms with E-state index in [1.54, 1.807) is 4.42 Å². The summed E-state index contributed by atoms with van der Waals surface area (Å²) in [5.74, 6) is 0.129. The Bertz CT molecular complexity index is 364. The van der Waals surface area contributed by atoms with Crippen molar-refractivity contribution in [3.8, 4) is 0 Å². The molecule has 1 fully saturated rings. The van der Waals surface area contributed by atoms with Crippen LogP contribution in [0.4, 0.5) is 0 Å². The van der Waals surface area contributed by atoms with Crippen molar-refractivity contribution >= 4 is 17.7 Å². The predicted molar refractivity (Wildman–Crippen MR) is 84.3 cm³/mol. The summed E-state index contributed by atoms with van der Waals surface area (Å²) in [6, 6.07) is 0. The SMILES string of the molecule is CC1(C)C(=O)N(CCCCC[N+](C)(C)C)C(C)(C)N1Cl.[Cl-]. The molecule has 1 aliphatic heterocycles. The Morgan fingerprint density at radius 1 is 1.05 bits per heavy atom. The molecule has 1 saturated heterocycles. The number of nitrogens with zero attached hydrogens (tertiary/aromatic N) is 3. The molecule has 0 bridgehead atoms. The third kappa shape index (κ3) is 4.72. The van der Waals surface area contributed by atoms with Crippen LogP contribution in [0.25, 0.3) is 0 Å². The van der Waals surface area contributed by atoms with E-state index in [1.165, 1.54) is 13.0 Å². The van der Waals surface area contributed by atoms with Gasteiger partial charge in [0.2, 0.25) is 5.91 Å². The molecule has 21 heavy (non-hydrogen) atoms. The molecule has 1 rings (SSSR count). The molecule has 1 heterocycles. The molecule has 0 saturated carbocycles. The fourth-order valence-corrected chi connectivity index (χ4v) is 3.02. The lowest BCUT2D eigenvalue weighted by atomic mass is 10.1. The number of hydrogen-bond donors (Lipinski definition) is 0. The summed E-state index contributed by atoms with van der Waals surface area (Å²) < 4.78 is 2.66. The zero-order valence-electron chi connectivity index (χ0n) is 14.5. The van der Waals surface area contributed by atoms with Gasteiger partial charge < -0.3 is 21.8 Å². The molecular formula is C15H31Cl2N3O. The first-order chi connectivity index (χ1) is 8.90. The molecule has 0 aliphatic carbocycles. The number of amides is 1. The summed E-state index contributed by atoms with van der Waals surface area (Å²) in [6.45, 7) is 9.76. The first-order valence-corrected chi connectivity index (χ1v) is 7.83. The van der Waals surface area contributed by atoms with Crippen LogP contribution in [-0.4, -0.2) is 65.1 Å². The number of carbonyl (C=O) groups excluding carboxylic acids is 1. The van der Waals surface area contributed by atoms with Gasteiger partial charge in [-0.2, -0.15) is 4.42 Å². The van der Waals surface area contributed by atoms with E-state index in [2.05, 4.69) is 21.1 Å². The number of unbranched alkanes of at least 4 members (excludes halogenated alkanes) is 2. The molecule has 1 amide bonds. The quantitative estimate of drug-likeness (QED) is 0.376. The van der Waals surface area contributed by atoms with E-state index >= 15 is 0 Å². The van der Waals surface area contributed by atoms with Crippen molar-refractivity contribution in [3.63, 3.8) is 0 Å². The average molecular weight is 340 g/mol. The van der Waals surface area contributed by atoms with E-state index in [-0.39, 0.29) is 18.3 Å². The van der Waals surface area contributed by atoms with Gasteiger partial charge in [0.25, 0.3) is 0 Å². The molecule has 1 aliphatic rings. The van der Waals surface area contributed by atoms with Crippen LogP contribution in [0.15, 0.2) is 0 Å². The fourth-order valence-electron chi connectivity index (χ4n) is 2.86. The van der Waals surface area contributed by atoms with Gasteiger partial charge in [0.05, 0.1) is 27.7 Å². The maximum atomic E-state index is 12.5. The summed E-state index contributed by atoms with van der Waals surface area (Å²) in [6.07, 6.45) is 3.38. The molecule has 0 unspecified atom stereocenters. The van der Waals surface area contributed by atoms with Crippen LogP contribution >= 0.6 is 11.8 Å². The highest BCUT2D eigenvalue weighted by Gasteiger charge is 2.55. The molecule has 0 aromatic carbocycles. The molecule has 6 heteroatoms. The van der Waals surface area contributed by atoms with Crippen LogP contribution in [0.1, 0.15) is 47.0 Å². The van der Waals surface area contributed by atoms with Crippen molar-refractivity contribution in [1.82, 2.24) is 9.32 Å². The summed E-state index contributed by atoms with van der Waals surface area (Å²) in [5.41, 5.74) is -1.03. The van der Waals surface area contributed by atoms with Gasteiger partial charge >= 0.3 is 0 Å². The molecule has 126 valence electrons. The standard InChI is InChI=1S/C15H31ClN3O.ClH/c1-14(2)13(20)17(15(3,4)18(14)16)11-9-8-10-12-19(5,6)7;/h8-12H2,1-7H3;1H/q+1;/p-1. The lowest BCUT2D eigenvalue weighted by molar-refractivity contribution is -0.870. The molecule has 0 N–H and O–H groups in total. The largest absolute Gasteiger partial charge is 1.00 e. The van der Waals surface area contributed by atoms with E-state index in [0.29, 0.717) is 0 Å². The Kier molecular flexibility index (Phi) is 7.02. The molecular weight excluding hydrogens is 309 g/mol. The van der Waals surface area contributed by atoms with Crippen LogP contribution in [0.5, 0.6) is 0 Å². The topological polar surface area (TPSA) is 23.6 Å². The van der Waals surface area contributed by atoms with Crippen molar-refractivity contribution in [3.05, 3.63) is 0 Å². The Morgan fingerprint density at radius 2 is 1.57 bits per heavy atom. The number of carbonyl (C=O) groups is 1. The summed E-state index contributed by atoms with van der Waals surface area (Å²) in [5, 5.41) is 0. The van der Waals surface area contributed by atoms with Gasteiger partial charge in [-0.15, -0.1) is 0 Å². The van der Waals surface area contributed by atoms with Crippen molar-refractivity contribution in [1.29, 1.82) is 0 Å². The molecule has 0 atom stereocenters. The molecule has 0 aromatic rings. The van der Waals surface area contributed by atoms with Gasteiger partial charge in [-0.1, -0.05) is 0 Å². The molecule has 4 nitrogen and oxygen atoms in total. The van der Waals surface area contributed by atoms with Crippen LogP contribution in [0, 0.1) is 0 Å². The Labute approximate surface area is 141 Å². The second kappa shape index (κ2) is 7.03. The third-order valence-electron chi connectivity index (χ3n) is 4.11. The van der Waals surface area contributed by atoms with Gasteiger partial charge in [0, 0.05) is 6.54 Å². The lowest BCUT2D eigenvalue weighted by Crippen LogP contribution is -3.00. The van der Waals surface area contributed by atoms with Crippen LogP contribution in [-0.2, 0) is 4.79 Å². The zero-order valence-corrected chi connectivity index (χ0v) is 16.1. The fraction of sp³-hybridized carbons (Fsp3) is 0.933. The molecule has 0 radical (unpaired) electrons. The summed E-state index contributed by atoms with van der Waals surface area (Å²) >= 11 is 6.35. The Morgan fingerprint density at radius 3 is 1.95 bits per heavy atom. The number of rotatable bonds is 6. The van der Waals surface area contributed by atoms with Gasteiger partial charge in [-0.3, -0.25) is 4.79 Å². The number of halogens is 2. The van der Waals surface area contributed by atoms with Crippen molar-refractivity contribution in [2.75, 3.05) is 34.2 Å². The van der Waals surface area contributed by atoms with Crippen LogP contribution in [0.3, 0.4) is 0 Å².